The van der Waals surface area contributed by atoms with Crippen molar-refractivity contribution in [2.45, 2.75) is 45.9 Å². The van der Waals surface area contributed by atoms with Gasteiger partial charge in [0.25, 0.3) is 0 Å². The molecule has 2 unspecified atom stereocenters. The Morgan fingerprint density at radius 2 is 2.00 bits per heavy atom. The van der Waals surface area contributed by atoms with Gasteiger partial charge in [0, 0.05) is 26.1 Å². The normalized spacial score (nSPS) is 13.3. The van der Waals surface area contributed by atoms with Crippen LogP contribution in [0.4, 0.5) is 0 Å². The van der Waals surface area contributed by atoms with E-state index in [1.807, 2.05) is 44.3 Å². The largest absolute Gasteiger partial charge is 0.489 e. The van der Waals surface area contributed by atoms with E-state index in [1.165, 1.54) is 0 Å². The molecule has 0 saturated heterocycles. The van der Waals surface area contributed by atoms with E-state index in [1.54, 1.807) is 18.4 Å². The number of halogens is 1. The maximum Gasteiger partial charge on any atom is 0.194 e. The Morgan fingerprint density at radius 3 is 2.62 bits per heavy atom. The lowest BCUT2D eigenvalue weighted by Crippen LogP contribution is -2.39. The second kappa shape index (κ2) is 13.8. The molecular formula is C21H33IN4O2S. The van der Waals surface area contributed by atoms with Gasteiger partial charge in [-0.1, -0.05) is 25.1 Å². The van der Waals surface area contributed by atoms with E-state index in [0.29, 0.717) is 13.1 Å². The Balaban J connectivity index is 0.00000420. The SMILES string of the molecule is CCNC(=NCC(CC)Oc1ccccc1)N(C)Cc1csc(C(C)OC)n1.I. The summed E-state index contributed by atoms with van der Waals surface area (Å²) in [6, 6.07) is 9.90. The number of methoxy groups -OCH3 is 1. The Kier molecular flexibility index (Phi) is 12.2. The fraction of sp³-hybridized carbons (Fsp3) is 0.524. The average Bonchev–Trinajstić information content (AvgIpc) is 3.18. The van der Waals surface area contributed by atoms with E-state index in [2.05, 4.69) is 34.4 Å². The highest BCUT2D eigenvalue weighted by molar-refractivity contribution is 14.0. The van der Waals surface area contributed by atoms with Crippen molar-refractivity contribution in [1.29, 1.82) is 0 Å². The van der Waals surface area contributed by atoms with E-state index in [9.17, 15) is 0 Å². The number of nitrogens with zero attached hydrogens (tertiary/aromatic N) is 3. The Morgan fingerprint density at radius 1 is 1.28 bits per heavy atom. The van der Waals surface area contributed by atoms with E-state index in [-0.39, 0.29) is 36.2 Å². The second-order valence-electron chi connectivity index (χ2n) is 6.57. The molecule has 0 aliphatic rings. The molecule has 0 aliphatic heterocycles. The maximum atomic E-state index is 6.05. The lowest BCUT2D eigenvalue weighted by molar-refractivity contribution is 0.119. The quantitative estimate of drug-likeness (QED) is 0.273. The van der Waals surface area contributed by atoms with Gasteiger partial charge in [0.05, 0.1) is 18.8 Å². The van der Waals surface area contributed by atoms with Gasteiger partial charge >= 0.3 is 0 Å². The van der Waals surface area contributed by atoms with E-state index in [4.69, 9.17) is 14.5 Å². The molecule has 1 aromatic carbocycles. The zero-order chi connectivity index (χ0) is 20.4. The standard InChI is InChI=1S/C21H32N4O2S.HI/c1-6-18(27-19-11-9-8-10-12-19)13-23-21(22-7-2)25(4)14-17-15-28-20(24-17)16(3)26-5;/h8-12,15-16,18H,6-7,13-14H2,1-5H3,(H,22,23);1H. The lowest BCUT2D eigenvalue weighted by Gasteiger charge is -2.22. The zero-order valence-corrected chi connectivity index (χ0v) is 21.1. The summed E-state index contributed by atoms with van der Waals surface area (Å²) in [5.41, 5.74) is 1.02. The summed E-state index contributed by atoms with van der Waals surface area (Å²) in [7, 11) is 3.73. The highest BCUT2D eigenvalue weighted by atomic mass is 127. The maximum absolute atomic E-state index is 6.05. The molecule has 162 valence electrons. The first-order valence-corrected chi connectivity index (χ1v) is 10.6. The van der Waals surface area contributed by atoms with Crippen LogP contribution in [0.3, 0.4) is 0 Å². The monoisotopic (exact) mass is 532 g/mol. The summed E-state index contributed by atoms with van der Waals surface area (Å²) >= 11 is 1.63. The molecule has 2 atom stereocenters. The predicted molar refractivity (Wildman–Crippen MR) is 132 cm³/mol. The number of para-hydroxylation sites is 1. The Hall–Kier alpha value is -1.39. The van der Waals surface area contributed by atoms with Gasteiger partial charge in [0.15, 0.2) is 5.96 Å². The van der Waals surface area contributed by atoms with Crippen LogP contribution in [0.1, 0.15) is 44.0 Å². The van der Waals surface area contributed by atoms with Crippen molar-refractivity contribution in [3.8, 4) is 5.75 Å². The van der Waals surface area contributed by atoms with Crippen molar-refractivity contribution in [3.63, 3.8) is 0 Å². The molecule has 1 N–H and O–H groups in total. The fourth-order valence-corrected chi connectivity index (χ4v) is 3.44. The first-order valence-electron chi connectivity index (χ1n) is 9.75. The molecule has 1 heterocycles. The topological polar surface area (TPSA) is 59.0 Å². The number of guanidine groups is 1. The summed E-state index contributed by atoms with van der Waals surface area (Å²) in [6.45, 7) is 8.30. The molecule has 8 heteroatoms. The summed E-state index contributed by atoms with van der Waals surface area (Å²) in [5, 5.41) is 6.44. The van der Waals surface area contributed by atoms with Crippen molar-refractivity contribution in [2.75, 3.05) is 27.2 Å². The van der Waals surface area contributed by atoms with Crippen LogP contribution in [-0.2, 0) is 11.3 Å². The first-order chi connectivity index (χ1) is 13.6. The molecule has 2 rings (SSSR count). The van der Waals surface area contributed by atoms with E-state index in [0.717, 1.165) is 35.4 Å². The minimum atomic E-state index is 0. The van der Waals surface area contributed by atoms with Crippen molar-refractivity contribution < 1.29 is 9.47 Å². The van der Waals surface area contributed by atoms with Crippen molar-refractivity contribution in [3.05, 3.63) is 46.4 Å². The van der Waals surface area contributed by atoms with Gasteiger partial charge in [0.2, 0.25) is 0 Å². The smallest absolute Gasteiger partial charge is 0.194 e. The van der Waals surface area contributed by atoms with Gasteiger partial charge in [-0.15, -0.1) is 35.3 Å². The number of rotatable bonds is 10. The van der Waals surface area contributed by atoms with Gasteiger partial charge in [-0.3, -0.25) is 0 Å². The number of thiazole rings is 1. The molecule has 0 fully saturated rings. The molecule has 0 bridgehead atoms. The van der Waals surface area contributed by atoms with Crippen LogP contribution in [-0.4, -0.2) is 49.2 Å². The summed E-state index contributed by atoms with van der Waals surface area (Å²) in [6.07, 6.45) is 0.954. The van der Waals surface area contributed by atoms with Crippen LogP contribution >= 0.6 is 35.3 Å². The molecule has 0 amide bonds. The number of nitrogens with one attached hydrogen (secondary N) is 1. The molecule has 0 aliphatic carbocycles. The number of aromatic nitrogens is 1. The Labute approximate surface area is 195 Å². The number of benzene rings is 1. The van der Waals surface area contributed by atoms with Crippen LogP contribution in [0.25, 0.3) is 0 Å². The second-order valence-corrected chi connectivity index (χ2v) is 7.46. The van der Waals surface area contributed by atoms with Crippen molar-refractivity contribution in [2.24, 2.45) is 4.99 Å². The average molecular weight is 532 g/mol. The third-order valence-corrected chi connectivity index (χ3v) is 5.37. The number of ether oxygens (including phenoxy) is 2. The van der Waals surface area contributed by atoms with Gasteiger partial charge in [-0.05, 0) is 32.4 Å². The fourth-order valence-electron chi connectivity index (χ4n) is 2.60. The molecule has 29 heavy (non-hydrogen) atoms. The zero-order valence-electron chi connectivity index (χ0n) is 17.9. The molecule has 6 nitrogen and oxygen atoms in total. The molecule has 0 radical (unpaired) electrons. The summed E-state index contributed by atoms with van der Waals surface area (Å²) < 4.78 is 11.4. The first kappa shape index (κ1) is 25.6. The third-order valence-electron chi connectivity index (χ3n) is 4.31. The highest BCUT2D eigenvalue weighted by Crippen LogP contribution is 2.21. The minimum Gasteiger partial charge on any atom is -0.489 e. The number of hydrogen-bond acceptors (Lipinski definition) is 5. The van der Waals surface area contributed by atoms with Crippen LogP contribution in [0.15, 0.2) is 40.7 Å². The van der Waals surface area contributed by atoms with Gasteiger partial charge in [-0.25, -0.2) is 9.98 Å². The molecule has 1 aromatic heterocycles. The van der Waals surface area contributed by atoms with Crippen LogP contribution < -0.4 is 10.1 Å². The summed E-state index contributed by atoms with van der Waals surface area (Å²) in [5.74, 6) is 1.73. The summed E-state index contributed by atoms with van der Waals surface area (Å²) in [4.78, 5) is 11.6. The molecule has 2 aromatic rings. The number of hydrogen-bond donors (Lipinski definition) is 1. The van der Waals surface area contributed by atoms with Crippen molar-refractivity contribution in [1.82, 2.24) is 15.2 Å². The van der Waals surface area contributed by atoms with Crippen LogP contribution in [0.2, 0.25) is 0 Å². The highest BCUT2D eigenvalue weighted by Gasteiger charge is 2.14. The van der Waals surface area contributed by atoms with Crippen LogP contribution in [0, 0.1) is 0 Å². The minimum absolute atomic E-state index is 0. The predicted octanol–water partition coefficient (Wildman–Crippen LogP) is 4.72. The Bertz CT molecular complexity index is 726. The van der Waals surface area contributed by atoms with Gasteiger partial charge in [0.1, 0.15) is 23.0 Å². The number of aliphatic imine (C=N–C) groups is 1. The van der Waals surface area contributed by atoms with Crippen LogP contribution in [0.5, 0.6) is 5.75 Å². The lowest BCUT2D eigenvalue weighted by atomic mass is 10.2. The molecular weight excluding hydrogens is 499 g/mol. The van der Waals surface area contributed by atoms with Gasteiger partial charge in [-0.2, -0.15) is 0 Å². The van der Waals surface area contributed by atoms with E-state index >= 15 is 0 Å². The molecule has 0 saturated carbocycles. The van der Waals surface area contributed by atoms with Gasteiger partial charge < -0.3 is 19.7 Å². The van der Waals surface area contributed by atoms with Crippen molar-refractivity contribution >= 4 is 41.3 Å². The third kappa shape index (κ3) is 8.47. The molecule has 0 spiro atoms. The van der Waals surface area contributed by atoms with E-state index < -0.39 is 0 Å².